The van der Waals surface area contributed by atoms with Gasteiger partial charge in [-0.2, -0.15) is 5.26 Å². The van der Waals surface area contributed by atoms with E-state index in [1.807, 2.05) is 66.7 Å². The molecular weight excluding hydrogens is 388 g/mol. The third-order valence-electron chi connectivity index (χ3n) is 5.38. The van der Waals surface area contributed by atoms with Gasteiger partial charge in [-0.1, -0.05) is 60.7 Å². The third-order valence-corrected chi connectivity index (χ3v) is 5.38. The smallest absolute Gasteiger partial charge is 0.294 e. The maximum atomic E-state index is 13.2. The Morgan fingerprint density at radius 3 is 2.16 bits per heavy atom. The van der Waals surface area contributed by atoms with Crippen molar-refractivity contribution in [2.24, 2.45) is 0 Å². The van der Waals surface area contributed by atoms with E-state index < -0.39 is 17.7 Å². The van der Waals surface area contributed by atoms with Crippen molar-refractivity contribution in [1.29, 1.82) is 5.26 Å². The lowest BCUT2D eigenvalue weighted by molar-refractivity contribution is -0.118. The van der Waals surface area contributed by atoms with Crippen molar-refractivity contribution in [2.45, 2.75) is 18.9 Å². The number of carbonyl (C=O) groups excluding carboxylic acids is 2. The van der Waals surface area contributed by atoms with Crippen molar-refractivity contribution in [3.05, 3.63) is 113 Å². The van der Waals surface area contributed by atoms with Crippen LogP contribution in [0.15, 0.2) is 96.3 Å². The van der Waals surface area contributed by atoms with Crippen LogP contribution in [0.1, 0.15) is 29.2 Å². The van der Waals surface area contributed by atoms with Gasteiger partial charge in [-0.25, -0.2) is 0 Å². The zero-order valence-corrected chi connectivity index (χ0v) is 16.7. The molecule has 3 aromatic rings. The number of aliphatic hydroxyl groups is 1. The van der Waals surface area contributed by atoms with Gasteiger partial charge in [-0.3, -0.25) is 14.5 Å². The number of anilines is 1. The summed E-state index contributed by atoms with van der Waals surface area (Å²) in [5.41, 5.74) is 2.82. The van der Waals surface area contributed by atoms with E-state index in [-0.39, 0.29) is 17.8 Å². The Kier molecular flexibility index (Phi) is 5.63. The van der Waals surface area contributed by atoms with Crippen molar-refractivity contribution >= 4 is 17.4 Å². The van der Waals surface area contributed by atoms with E-state index in [0.29, 0.717) is 17.7 Å². The highest BCUT2D eigenvalue weighted by atomic mass is 16.3. The number of amides is 1. The van der Waals surface area contributed by atoms with Crippen molar-refractivity contribution < 1.29 is 14.7 Å². The van der Waals surface area contributed by atoms with Gasteiger partial charge in [0.15, 0.2) is 11.5 Å². The Hall–Kier alpha value is -4.17. The molecule has 0 aromatic heterocycles. The molecule has 5 heteroatoms. The van der Waals surface area contributed by atoms with Crippen LogP contribution in [-0.4, -0.2) is 16.8 Å². The molecule has 1 aliphatic rings. The van der Waals surface area contributed by atoms with Crippen LogP contribution in [0.4, 0.5) is 5.69 Å². The van der Waals surface area contributed by atoms with Gasteiger partial charge in [0.2, 0.25) is 0 Å². The summed E-state index contributed by atoms with van der Waals surface area (Å²) in [6.07, 6.45) is 0.699. The molecule has 0 saturated carbocycles. The van der Waals surface area contributed by atoms with E-state index in [1.165, 1.54) is 4.90 Å². The van der Waals surface area contributed by atoms with Gasteiger partial charge in [0.1, 0.15) is 0 Å². The number of aryl methyl sites for hydroxylation is 1. The molecule has 1 atom stereocenters. The monoisotopic (exact) mass is 408 g/mol. The summed E-state index contributed by atoms with van der Waals surface area (Å²) < 4.78 is 0. The molecule has 1 aliphatic heterocycles. The summed E-state index contributed by atoms with van der Waals surface area (Å²) >= 11 is 0. The van der Waals surface area contributed by atoms with Gasteiger partial charge >= 0.3 is 0 Å². The predicted molar refractivity (Wildman–Crippen MR) is 117 cm³/mol. The fraction of sp³-hybridized carbons (Fsp3) is 0.115. The zero-order valence-electron chi connectivity index (χ0n) is 16.7. The van der Waals surface area contributed by atoms with Crippen LogP contribution < -0.4 is 4.90 Å². The lowest BCUT2D eigenvalue weighted by Crippen LogP contribution is -2.31. The molecule has 3 aromatic carbocycles. The number of nitrogens with zero attached hydrogens (tertiary/aromatic N) is 2. The van der Waals surface area contributed by atoms with Crippen LogP contribution in [0.3, 0.4) is 0 Å². The van der Waals surface area contributed by atoms with Gasteiger partial charge < -0.3 is 5.11 Å². The van der Waals surface area contributed by atoms with E-state index in [1.54, 1.807) is 24.3 Å². The number of carbonyl (C=O) groups is 2. The van der Waals surface area contributed by atoms with E-state index in [4.69, 9.17) is 5.26 Å². The van der Waals surface area contributed by atoms with Crippen molar-refractivity contribution in [3.63, 3.8) is 0 Å². The van der Waals surface area contributed by atoms with Crippen LogP contribution >= 0.6 is 0 Å². The van der Waals surface area contributed by atoms with Gasteiger partial charge in [0.05, 0.1) is 23.2 Å². The van der Waals surface area contributed by atoms with Crippen LogP contribution in [-0.2, 0) is 16.0 Å². The van der Waals surface area contributed by atoms with Gasteiger partial charge in [0.25, 0.3) is 5.91 Å². The Bertz CT molecular complexity index is 1180. The minimum atomic E-state index is -0.732. The second-order valence-electron chi connectivity index (χ2n) is 7.32. The molecule has 1 amide bonds. The first-order valence-electron chi connectivity index (χ1n) is 9.99. The quantitative estimate of drug-likeness (QED) is 0.643. The number of nitriles is 1. The summed E-state index contributed by atoms with van der Waals surface area (Å²) in [7, 11) is 0. The second kappa shape index (κ2) is 8.68. The van der Waals surface area contributed by atoms with Crippen molar-refractivity contribution in [1.82, 2.24) is 0 Å². The molecule has 1 unspecified atom stereocenters. The van der Waals surface area contributed by atoms with Crippen molar-refractivity contribution in [3.8, 4) is 6.07 Å². The first kappa shape index (κ1) is 20.1. The topological polar surface area (TPSA) is 81.4 Å². The molecule has 0 bridgehead atoms. The maximum absolute atomic E-state index is 13.2. The normalized spacial score (nSPS) is 15.8. The van der Waals surface area contributed by atoms with Gasteiger partial charge in [0, 0.05) is 12.1 Å². The summed E-state index contributed by atoms with van der Waals surface area (Å²) in [6.45, 7) is 0. The fourth-order valence-corrected chi connectivity index (χ4v) is 3.84. The lowest BCUT2D eigenvalue weighted by Gasteiger charge is -2.27. The average molecular weight is 408 g/mol. The van der Waals surface area contributed by atoms with Crippen LogP contribution in [0.25, 0.3) is 0 Å². The summed E-state index contributed by atoms with van der Waals surface area (Å²) in [5, 5.41) is 19.8. The number of ketones is 1. The molecule has 0 fully saturated rings. The van der Waals surface area contributed by atoms with Crippen LogP contribution in [0, 0.1) is 11.3 Å². The van der Waals surface area contributed by atoms with E-state index >= 15 is 0 Å². The number of hydrogen-bond donors (Lipinski definition) is 1. The maximum Gasteiger partial charge on any atom is 0.294 e. The highest BCUT2D eigenvalue weighted by Crippen LogP contribution is 2.41. The molecule has 4 rings (SSSR count). The van der Waals surface area contributed by atoms with Gasteiger partial charge in [-0.15, -0.1) is 0 Å². The Labute approximate surface area is 180 Å². The standard InChI is InChI=1S/C26H20N2O3/c27-17-19-11-14-21(15-12-19)28-24(20-9-5-2-6-10-20)23(25(30)26(28)31)22(29)16-13-18-7-3-1-4-8-18/h1-12,14-15,24,30H,13,16H2. The van der Waals surface area contributed by atoms with E-state index in [9.17, 15) is 14.7 Å². The lowest BCUT2D eigenvalue weighted by atomic mass is 9.93. The Morgan fingerprint density at radius 1 is 0.935 bits per heavy atom. The highest BCUT2D eigenvalue weighted by Gasteiger charge is 2.43. The molecule has 1 heterocycles. The molecule has 152 valence electrons. The SMILES string of the molecule is N#Cc1ccc(N2C(=O)C(O)=C(C(=O)CCc3ccccc3)C2c2ccccc2)cc1. The number of Topliss-reactive ketones (excluding diaryl/α,β-unsaturated/α-hetero) is 1. The minimum Gasteiger partial charge on any atom is -0.503 e. The number of aliphatic hydroxyl groups excluding tert-OH is 1. The molecule has 31 heavy (non-hydrogen) atoms. The first-order valence-corrected chi connectivity index (χ1v) is 9.99. The van der Waals surface area contributed by atoms with E-state index in [0.717, 1.165) is 11.1 Å². The van der Waals surface area contributed by atoms with Crippen molar-refractivity contribution in [2.75, 3.05) is 4.90 Å². The molecule has 5 nitrogen and oxygen atoms in total. The average Bonchev–Trinajstić information content (AvgIpc) is 3.09. The number of rotatable bonds is 6. The molecule has 1 N–H and O–H groups in total. The number of hydrogen-bond acceptors (Lipinski definition) is 4. The minimum absolute atomic E-state index is 0.108. The number of benzene rings is 3. The van der Waals surface area contributed by atoms with E-state index in [2.05, 4.69) is 0 Å². The zero-order chi connectivity index (χ0) is 21.8. The largest absolute Gasteiger partial charge is 0.503 e. The van der Waals surface area contributed by atoms with Crippen LogP contribution in [0.2, 0.25) is 0 Å². The summed E-state index contributed by atoms with van der Waals surface area (Å²) in [5.74, 6) is -1.41. The Morgan fingerprint density at radius 2 is 1.55 bits per heavy atom. The second-order valence-corrected chi connectivity index (χ2v) is 7.32. The Balaban J connectivity index is 1.71. The molecular formula is C26H20N2O3. The fourth-order valence-electron chi connectivity index (χ4n) is 3.84. The predicted octanol–water partition coefficient (Wildman–Crippen LogP) is 4.66. The molecule has 0 spiro atoms. The summed E-state index contributed by atoms with van der Waals surface area (Å²) in [6, 6.07) is 26.6. The van der Waals surface area contributed by atoms with Gasteiger partial charge in [-0.05, 0) is 41.8 Å². The molecule has 0 aliphatic carbocycles. The molecule has 0 radical (unpaired) electrons. The highest BCUT2D eigenvalue weighted by molar-refractivity contribution is 6.16. The third kappa shape index (κ3) is 3.96. The molecule has 0 saturated heterocycles. The van der Waals surface area contributed by atoms with Crippen LogP contribution in [0.5, 0.6) is 0 Å². The summed E-state index contributed by atoms with van der Waals surface area (Å²) in [4.78, 5) is 27.6. The first-order chi connectivity index (χ1) is 15.1.